The first-order valence-electron chi connectivity index (χ1n) is 5.03. The fourth-order valence-corrected chi connectivity index (χ4v) is 1.67. The highest BCUT2D eigenvalue weighted by Crippen LogP contribution is 2.28. The zero-order valence-electron chi connectivity index (χ0n) is 9.05. The van der Waals surface area contributed by atoms with Crippen molar-refractivity contribution in [1.29, 1.82) is 0 Å². The van der Waals surface area contributed by atoms with Crippen LogP contribution in [0.4, 0.5) is 0 Å². The average Bonchev–Trinajstić information content (AvgIpc) is 2.07. The lowest BCUT2D eigenvalue weighted by Crippen LogP contribution is -2.53. The van der Waals surface area contributed by atoms with Gasteiger partial charge >= 0.3 is 0 Å². The van der Waals surface area contributed by atoms with Crippen molar-refractivity contribution in [3.05, 3.63) is 0 Å². The second kappa shape index (κ2) is 4.40. The highest BCUT2D eigenvalue weighted by atomic mass is 16.5. The Hall–Kier alpha value is -0.120. The van der Waals surface area contributed by atoms with Gasteiger partial charge in [0.15, 0.2) is 0 Å². The lowest BCUT2D eigenvalue weighted by molar-refractivity contribution is 0.0785. The topological polar surface area (TPSA) is 38.5 Å². The number of piperidine rings is 1. The summed E-state index contributed by atoms with van der Waals surface area (Å²) in [6.07, 6.45) is 1.19. The van der Waals surface area contributed by atoms with Gasteiger partial charge in [-0.05, 0) is 18.4 Å². The molecule has 1 unspecified atom stereocenters. The summed E-state index contributed by atoms with van der Waals surface area (Å²) in [7, 11) is 1.74. The Morgan fingerprint density at radius 3 is 2.77 bits per heavy atom. The lowest BCUT2D eigenvalue weighted by Gasteiger charge is -2.42. The van der Waals surface area contributed by atoms with Gasteiger partial charge in [0.1, 0.15) is 0 Å². The van der Waals surface area contributed by atoms with Crippen LogP contribution in [0.5, 0.6) is 0 Å². The standard InChI is InChI=1S/C10H22N2O/c1-10(2)4-5-12(6-7-13-3)8-9(10)11/h9H,4-8,11H2,1-3H3. The number of hydrogen-bond donors (Lipinski definition) is 1. The van der Waals surface area contributed by atoms with Crippen LogP contribution in [-0.4, -0.2) is 44.3 Å². The van der Waals surface area contributed by atoms with Crippen molar-refractivity contribution in [3.63, 3.8) is 0 Å². The molecule has 0 bridgehead atoms. The fraction of sp³-hybridized carbons (Fsp3) is 1.00. The Morgan fingerprint density at radius 2 is 2.23 bits per heavy atom. The first-order valence-corrected chi connectivity index (χ1v) is 5.03. The third kappa shape index (κ3) is 2.93. The molecule has 0 aliphatic carbocycles. The average molecular weight is 186 g/mol. The van der Waals surface area contributed by atoms with E-state index in [-0.39, 0.29) is 0 Å². The van der Waals surface area contributed by atoms with E-state index in [9.17, 15) is 0 Å². The largest absolute Gasteiger partial charge is 0.383 e. The van der Waals surface area contributed by atoms with Gasteiger partial charge in [-0.2, -0.15) is 0 Å². The van der Waals surface area contributed by atoms with E-state index in [1.807, 2.05) is 0 Å². The minimum absolute atomic E-state index is 0.304. The second-order valence-electron chi connectivity index (χ2n) is 4.64. The molecule has 0 amide bonds. The summed E-state index contributed by atoms with van der Waals surface area (Å²) in [4.78, 5) is 2.39. The van der Waals surface area contributed by atoms with Crippen LogP contribution in [0.1, 0.15) is 20.3 Å². The number of methoxy groups -OCH3 is 1. The van der Waals surface area contributed by atoms with Gasteiger partial charge in [0.05, 0.1) is 6.61 Å². The van der Waals surface area contributed by atoms with E-state index in [1.165, 1.54) is 6.42 Å². The normalized spacial score (nSPS) is 29.1. The van der Waals surface area contributed by atoms with Crippen molar-refractivity contribution in [2.75, 3.05) is 33.4 Å². The summed E-state index contributed by atoms with van der Waals surface area (Å²) < 4.78 is 5.05. The molecule has 3 nitrogen and oxygen atoms in total. The summed E-state index contributed by atoms with van der Waals surface area (Å²) in [5, 5.41) is 0. The van der Waals surface area contributed by atoms with Gasteiger partial charge in [0.2, 0.25) is 0 Å². The van der Waals surface area contributed by atoms with Gasteiger partial charge in [-0.1, -0.05) is 13.8 Å². The van der Waals surface area contributed by atoms with Crippen molar-refractivity contribution in [2.24, 2.45) is 11.1 Å². The minimum Gasteiger partial charge on any atom is -0.383 e. The molecule has 2 N–H and O–H groups in total. The molecule has 1 aliphatic rings. The Balaban J connectivity index is 2.33. The lowest BCUT2D eigenvalue weighted by atomic mass is 9.79. The highest BCUT2D eigenvalue weighted by Gasteiger charge is 2.32. The van der Waals surface area contributed by atoms with Crippen LogP contribution in [0.2, 0.25) is 0 Å². The molecule has 0 aromatic rings. The quantitative estimate of drug-likeness (QED) is 0.705. The van der Waals surface area contributed by atoms with Gasteiger partial charge in [-0.25, -0.2) is 0 Å². The van der Waals surface area contributed by atoms with Crippen molar-refractivity contribution in [1.82, 2.24) is 4.90 Å². The van der Waals surface area contributed by atoms with Gasteiger partial charge in [-0.15, -0.1) is 0 Å². The van der Waals surface area contributed by atoms with Crippen molar-refractivity contribution in [2.45, 2.75) is 26.3 Å². The monoisotopic (exact) mass is 186 g/mol. The molecule has 78 valence electrons. The molecule has 1 aliphatic heterocycles. The third-order valence-corrected chi connectivity index (χ3v) is 3.14. The predicted octanol–water partition coefficient (Wildman–Crippen LogP) is 0.692. The Bertz CT molecular complexity index is 159. The second-order valence-corrected chi connectivity index (χ2v) is 4.64. The van der Waals surface area contributed by atoms with Crippen LogP contribution < -0.4 is 5.73 Å². The van der Waals surface area contributed by atoms with E-state index in [1.54, 1.807) is 7.11 Å². The zero-order valence-corrected chi connectivity index (χ0v) is 9.05. The molecule has 3 heteroatoms. The summed E-state index contributed by atoms with van der Waals surface area (Å²) in [6.45, 7) is 8.50. The number of hydrogen-bond acceptors (Lipinski definition) is 3. The Labute approximate surface area is 81.2 Å². The molecule has 0 aromatic heterocycles. The van der Waals surface area contributed by atoms with E-state index in [2.05, 4.69) is 18.7 Å². The van der Waals surface area contributed by atoms with Crippen LogP contribution in [0, 0.1) is 5.41 Å². The highest BCUT2D eigenvalue weighted by molar-refractivity contribution is 4.89. The molecule has 1 heterocycles. The molecule has 1 atom stereocenters. The summed E-state index contributed by atoms with van der Waals surface area (Å²) in [5.74, 6) is 0. The van der Waals surface area contributed by atoms with Crippen LogP contribution in [0.15, 0.2) is 0 Å². The molecule has 1 rings (SSSR count). The minimum atomic E-state index is 0.304. The summed E-state index contributed by atoms with van der Waals surface area (Å²) >= 11 is 0. The van der Waals surface area contributed by atoms with Crippen LogP contribution in [0.25, 0.3) is 0 Å². The van der Waals surface area contributed by atoms with Crippen LogP contribution >= 0.6 is 0 Å². The number of likely N-dealkylation sites (tertiary alicyclic amines) is 1. The van der Waals surface area contributed by atoms with Crippen molar-refractivity contribution < 1.29 is 4.74 Å². The molecular weight excluding hydrogens is 164 g/mol. The fourth-order valence-electron chi connectivity index (χ4n) is 1.67. The maximum absolute atomic E-state index is 6.09. The van der Waals surface area contributed by atoms with E-state index in [0.717, 1.165) is 26.2 Å². The van der Waals surface area contributed by atoms with Crippen molar-refractivity contribution in [3.8, 4) is 0 Å². The Morgan fingerprint density at radius 1 is 1.54 bits per heavy atom. The smallest absolute Gasteiger partial charge is 0.0589 e. The van der Waals surface area contributed by atoms with Crippen LogP contribution in [-0.2, 0) is 4.74 Å². The van der Waals surface area contributed by atoms with Crippen LogP contribution in [0.3, 0.4) is 0 Å². The first-order chi connectivity index (χ1) is 6.06. The van der Waals surface area contributed by atoms with E-state index in [0.29, 0.717) is 11.5 Å². The van der Waals surface area contributed by atoms with E-state index < -0.39 is 0 Å². The van der Waals surface area contributed by atoms with Gasteiger partial charge in [-0.3, -0.25) is 4.90 Å². The van der Waals surface area contributed by atoms with E-state index >= 15 is 0 Å². The number of rotatable bonds is 3. The Kier molecular flexibility index (Phi) is 3.71. The molecule has 0 aromatic carbocycles. The molecule has 1 saturated heterocycles. The third-order valence-electron chi connectivity index (χ3n) is 3.14. The molecule has 1 fully saturated rings. The van der Waals surface area contributed by atoms with Crippen molar-refractivity contribution >= 4 is 0 Å². The number of nitrogens with two attached hydrogens (primary N) is 1. The molecule has 0 saturated carbocycles. The maximum Gasteiger partial charge on any atom is 0.0589 e. The maximum atomic E-state index is 6.09. The van der Waals surface area contributed by atoms with Gasteiger partial charge < -0.3 is 10.5 Å². The van der Waals surface area contributed by atoms with E-state index in [4.69, 9.17) is 10.5 Å². The molecule has 0 radical (unpaired) electrons. The van der Waals surface area contributed by atoms with Gasteiger partial charge in [0.25, 0.3) is 0 Å². The zero-order chi connectivity index (χ0) is 9.90. The SMILES string of the molecule is COCCN1CCC(C)(C)C(N)C1. The number of nitrogens with zero attached hydrogens (tertiary/aromatic N) is 1. The number of ether oxygens (including phenoxy) is 1. The first kappa shape index (κ1) is 11.0. The molecular formula is C10H22N2O. The molecule has 13 heavy (non-hydrogen) atoms. The van der Waals surface area contributed by atoms with Gasteiger partial charge in [0, 0.05) is 26.2 Å². The summed E-state index contributed by atoms with van der Waals surface area (Å²) in [5.41, 5.74) is 6.40. The summed E-state index contributed by atoms with van der Waals surface area (Å²) in [6, 6.07) is 0.304. The molecule has 0 spiro atoms. The predicted molar refractivity (Wildman–Crippen MR) is 54.7 cm³/mol.